The summed E-state index contributed by atoms with van der Waals surface area (Å²) in [5.41, 5.74) is 2.61. The van der Waals surface area contributed by atoms with Gasteiger partial charge in [-0.25, -0.2) is 0 Å². The third-order valence-corrected chi connectivity index (χ3v) is 3.61. The molecular weight excluding hydrogens is 280 g/mol. The molecule has 0 aromatic heterocycles. The first-order valence-corrected chi connectivity index (χ1v) is 6.50. The highest BCUT2D eigenvalue weighted by molar-refractivity contribution is 9.10. The quantitative estimate of drug-likeness (QED) is 0.795. The number of Topliss-reactive ketones (excluding diaryl/α,β-unsaturated/α-hetero) is 1. The summed E-state index contributed by atoms with van der Waals surface area (Å²) in [5.74, 6) is 1.20. The van der Waals surface area contributed by atoms with Gasteiger partial charge in [-0.05, 0) is 46.5 Å². The number of ketones is 1. The van der Waals surface area contributed by atoms with E-state index in [9.17, 15) is 4.79 Å². The fourth-order valence-electron chi connectivity index (χ4n) is 2.00. The molecule has 0 amide bonds. The Bertz CT molecular complexity index is 463. The SMILES string of the molecule is COc1ccc(CC2=CCC(=O)CC2)cc1Br. The van der Waals surface area contributed by atoms with Crippen LogP contribution in [-0.4, -0.2) is 12.9 Å². The molecule has 0 aliphatic heterocycles. The van der Waals surface area contributed by atoms with Gasteiger partial charge in [-0.2, -0.15) is 0 Å². The fraction of sp³-hybridized carbons (Fsp3) is 0.357. The van der Waals surface area contributed by atoms with E-state index < -0.39 is 0 Å². The molecule has 0 saturated carbocycles. The smallest absolute Gasteiger partial charge is 0.136 e. The van der Waals surface area contributed by atoms with Crippen molar-refractivity contribution in [2.45, 2.75) is 25.7 Å². The lowest BCUT2D eigenvalue weighted by Crippen LogP contribution is -2.05. The number of allylic oxidation sites excluding steroid dienone is 2. The number of hydrogen-bond donors (Lipinski definition) is 0. The van der Waals surface area contributed by atoms with Crippen molar-refractivity contribution in [2.24, 2.45) is 0 Å². The molecule has 0 N–H and O–H groups in total. The summed E-state index contributed by atoms with van der Waals surface area (Å²) in [6.45, 7) is 0. The normalized spacial score (nSPS) is 15.6. The zero-order chi connectivity index (χ0) is 12.3. The number of hydrogen-bond acceptors (Lipinski definition) is 2. The summed E-state index contributed by atoms with van der Waals surface area (Å²) >= 11 is 3.48. The molecule has 90 valence electrons. The number of carbonyl (C=O) groups is 1. The fourth-order valence-corrected chi connectivity index (χ4v) is 2.59. The minimum Gasteiger partial charge on any atom is -0.496 e. The van der Waals surface area contributed by atoms with Gasteiger partial charge in [0.25, 0.3) is 0 Å². The number of rotatable bonds is 3. The van der Waals surface area contributed by atoms with Crippen LogP contribution in [0.3, 0.4) is 0 Å². The molecule has 0 heterocycles. The minimum atomic E-state index is 0.352. The van der Waals surface area contributed by atoms with Crippen molar-refractivity contribution < 1.29 is 9.53 Å². The van der Waals surface area contributed by atoms with Crippen LogP contribution in [0, 0.1) is 0 Å². The molecule has 1 aliphatic rings. The molecule has 0 fully saturated rings. The second-order valence-corrected chi connectivity index (χ2v) is 5.11. The first kappa shape index (κ1) is 12.4. The molecule has 0 bridgehead atoms. The van der Waals surface area contributed by atoms with Crippen molar-refractivity contribution >= 4 is 21.7 Å². The van der Waals surface area contributed by atoms with E-state index in [4.69, 9.17) is 4.74 Å². The number of benzene rings is 1. The molecular formula is C14H15BrO2. The van der Waals surface area contributed by atoms with E-state index >= 15 is 0 Å². The van der Waals surface area contributed by atoms with Gasteiger partial charge < -0.3 is 4.74 Å². The minimum absolute atomic E-state index is 0.352. The van der Waals surface area contributed by atoms with Gasteiger partial charge in [0.2, 0.25) is 0 Å². The third-order valence-electron chi connectivity index (χ3n) is 2.99. The van der Waals surface area contributed by atoms with Gasteiger partial charge in [0.1, 0.15) is 11.5 Å². The summed E-state index contributed by atoms with van der Waals surface area (Å²) in [6.07, 6.45) is 5.21. The first-order chi connectivity index (χ1) is 8.19. The van der Waals surface area contributed by atoms with Crippen LogP contribution in [0.2, 0.25) is 0 Å². The maximum absolute atomic E-state index is 11.1. The van der Waals surface area contributed by atoms with Crippen LogP contribution in [0.25, 0.3) is 0 Å². The van der Waals surface area contributed by atoms with Crippen molar-refractivity contribution in [3.8, 4) is 5.75 Å². The molecule has 0 saturated heterocycles. The summed E-state index contributed by atoms with van der Waals surface area (Å²) in [5, 5.41) is 0. The molecule has 0 atom stereocenters. The molecule has 1 aromatic rings. The number of ether oxygens (including phenoxy) is 1. The lowest BCUT2D eigenvalue weighted by Gasteiger charge is -2.13. The van der Waals surface area contributed by atoms with E-state index in [-0.39, 0.29) is 0 Å². The van der Waals surface area contributed by atoms with Crippen LogP contribution in [0.15, 0.2) is 34.3 Å². The number of carbonyl (C=O) groups excluding carboxylic acids is 1. The average molecular weight is 295 g/mol. The van der Waals surface area contributed by atoms with Gasteiger partial charge in [0.05, 0.1) is 11.6 Å². The van der Waals surface area contributed by atoms with Crippen LogP contribution in [0.1, 0.15) is 24.8 Å². The molecule has 17 heavy (non-hydrogen) atoms. The topological polar surface area (TPSA) is 26.3 Å². The van der Waals surface area contributed by atoms with E-state index in [0.29, 0.717) is 18.6 Å². The third kappa shape index (κ3) is 3.19. The van der Waals surface area contributed by atoms with Gasteiger partial charge in [-0.1, -0.05) is 17.7 Å². The molecule has 2 rings (SSSR count). The van der Waals surface area contributed by atoms with E-state index in [1.165, 1.54) is 11.1 Å². The molecule has 3 heteroatoms. The van der Waals surface area contributed by atoms with Crippen molar-refractivity contribution in [3.63, 3.8) is 0 Å². The maximum atomic E-state index is 11.1. The highest BCUT2D eigenvalue weighted by Crippen LogP contribution is 2.27. The summed E-state index contributed by atoms with van der Waals surface area (Å²) in [4.78, 5) is 11.1. The Balaban J connectivity index is 2.09. The van der Waals surface area contributed by atoms with E-state index in [1.807, 2.05) is 6.07 Å². The monoisotopic (exact) mass is 294 g/mol. The van der Waals surface area contributed by atoms with Crippen LogP contribution >= 0.6 is 15.9 Å². The zero-order valence-corrected chi connectivity index (χ0v) is 11.4. The van der Waals surface area contributed by atoms with Crippen molar-refractivity contribution in [1.82, 2.24) is 0 Å². The predicted octanol–water partition coefficient (Wildman–Crippen LogP) is 3.68. The highest BCUT2D eigenvalue weighted by Gasteiger charge is 2.11. The van der Waals surface area contributed by atoms with Crippen LogP contribution in [0.5, 0.6) is 5.75 Å². The Morgan fingerprint density at radius 3 is 2.76 bits per heavy atom. The van der Waals surface area contributed by atoms with Crippen LogP contribution in [0.4, 0.5) is 0 Å². The molecule has 1 aromatic carbocycles. The predicted molar refractivity (Wildman–Crippen MR) is 71.3 cm³/mol. The van der Waals surface area contributed by atoms with E-state index in [1.54, 1.807) is 7.11 Å². The molecule has 0 radical (unpaired) electrons. The standard InChI is InChI=1S/C14H15BrO2/c1-17-14-7-4-11(9-13(14)15)8-10-2-5-12(16)6-3-10/h2,4,7,9H,3,5-6,8H2,1H3. The zero-order valence-electron chi connectivity index (χ0n) is 9.83. The first-order valence-electron chi connectivity index (χ1n) is 5.71. The second kappa shape index (κ2) is 5.50. The largest absolute Gasteiger partial charge is 0.496 e. The number of halogens is 1. The summed E-state index contributed by atoms with van der Waals surface area (Å²) in [6, 6.07) is 6.12. The Kier molecular flexibility index (Phi) is 4.00. The van der Waals surface area contributed by atoms with E-state index in [0.717, 1.165) is 23.1 Å². The molecule has 2 nitrogen and oxygen atoms in total. The average Bonchev–Trinajstić information content (AvgIpc) is 2.32. The van der Waals surface area contributed by atoms with E-state index in [2.05, 4.69) is 34.1 Å². The summed E-state index contributed by atoms with van der Waals surface area (Å²) in [7, 11) is 1.66. The Morgan fingerprint density at radius 1 is 1.35 bits per heavy atom. The molecule has 0 spiro atoms. The van der Waals surface area contributed by atoms with Gasteiger partial charge in [-0.3, -0.25) is 4.79 Å². The van der Waals surface area contributed by atoms with Crippen molar-refractivity contribution in [1.29, 1.82) is 0 Å². The summed E-state index contributed by atoms with van der Waals surface area (Å²) < 4.78 is 6.17. The van der Waals surface area contributed by atoms with Crippen molar-refractivity contribution in [2.75, 3.05) is 7.11 Å². The maximum Gasteiger partial charge on any atom is 0.136 e. The Morgan fingerprint density at radius 2 is 2.18 bits per heavy atom. The molecule has 1 aliphatic carbocycles. The number of methoxy groups -OCH3 is 1. The second-order valence-electron chi connectivity index (χ2n) is 4.25. The van der Waals surface area contributed by atoms with Gasteiger partial charge >= 0.3 is 0 Å². The van der Waals surface area contributed by atoms with Crippen molar-refractivity contribution in [3.05, 3.63) is 39.9 Å². The lowest BCUT2D eigenvalue weighted by molar-refractivity contribution is -0.118. The van der Waals surface area contributed by atoms with Gasteiger partial charge in [0, 0.05) is 12.8 Å². The van der Waals surface area contributed by atoms with Gasteiger partial charge in [-0.15, -0.1) is 0 Å². The van der Waals surface area contributed by atoms with Crippen LogP contribution < -0.4 is 4.74 Å². The Hall–Kier alpha value is -1.09. The molecule has 0 unspecified atom stereocenters. The highest BCUT2D eigenvalue weighted by atomic mass is 79.9. The Labute approximate surface area is 110 Å². The lowest BCUT2D eigenvalue weighted by atomic mass is 9.93. The van der Waals surface area contributed by atoms with Crippen LogP contribution in [-0.2, 0) is 11.2 Å². The van der Waals surface area contributed by atoms with Gasteiger partial charge in [0.15, 0.2) is 0 Å².